The van der Waals surface area contributed by atoms with Crippen LogP contribution in [0.15, 0.2) is 89.3 Å². The van der Waals surface area contributed by atoms with Gasteiger partial charge in [-0.1, -0.05) is 65.7 Å². The van der Waals surface area contributed by atoms with Crippen LogP contribution in [0.5, 0.6) is 0 Å². The maximum Gasteiger partial charge on any atom is 0.255 e. The molecule has 2 atom stereocenters. The fourth-order valence-corrected chi connectivity index (χ4v) is 5.66. The topological polar surface area (TPSA) is 71.1 Å². The van der Waals surface area contributed by atoms with Crippen molar-refractivity contribution in [1.29, 1.82) is 0 Å². The molecule has 2 aliphatic rings. The summed E-state index contributed by atoms with van der Waals surface area (Å²) >= 11 is 12.8. The molecule has 5 rings (SSSR count). The minimum atomic E-state index is -0.625. The van der Waals surface area contributed by atoms with Crippen LogP contribution in [0.3, 0.4) is 0 Å². The number of hydrogen-bond donors (Lipinski definition) is 2. The number of halogens is 2. The quantitative estimate of drug-likeness (QED) is 0.404. The number of aryl methyl sites for hydroxylation is 1. The van der Waals surface area contributed by atoms with Crippen LogP contribution >= 0.6 is 23.2 Å². The van der Waals surface area contributed by atoms with Crippen LogP contribution in [0.2, 0.25) is 10.0 Å². The highest BCUT2D eigenvalue weighted by Crippen LogP contribution is 2.47. The highest BCUT2D eigenvalue weighted by Gasteiger charge is 2.41. The zero-order valence-electron chi connectivity index (χ0n) is 19.9. The number of anilines is 1. The highest BCUT2D eigenvalue weighted by molar-refractivity contribution is 6.35. The summed E-state index contributed by atoms with van der Waals surface area (Å²) in [5.41, 5.74) is 5.11. The maximum absolute atomic E-state index is 13.7. The summed E-state index contributed by atoms with van der Waals surface area (Å²) in [6, 6.07) is 20.7. The van der Waals surface area contributed by atoms with Gasteiger partial charge < -0.3 is 10.6 Å². The molecule has 1 aliphatic carbocycles. The molecule has 0 saturated heterocycles. The van der Waals surface area contributed by atoms with Crippen molar-refractivity contribution in [2.24, 2.45) is 0 Å². The molecule has 36 heavy (non-hydrogen) atoms. The van der Waals surface area contributed by atoms with E-state index in [1.165, 1.54) is 0 Å². The molecule has 182 valence electrons. The number of carbonyl (C=O) groups excluding carboxylic acids is 2. The number of aromatic nitrogens is 1. The SMILES string of the molecule is CC1=C(C(=O)Nc2cccc(C)n2)C(c2ccc(Cl)cc2Cl)C2=C(CC(c3ccccc3)CC2=O)N1. The van der Waals surface area contributed by atoms with Gasteiger partial charge in [-0.15, -0.1) is 0 Å². The summed E-state index contributed by atoms with van der Waals surface area (Å²) in [5.74, 6) is -0.454. The largest absolute Gasteiger partial charge is 0.362 e. The summed E-state index contributed by atoms with van der Waals surface area (Å²) in [6.07, 6.45) is 1.03. The Kier molecular flexibility index (Phi) is 6.69. The highest BCUT2D eigenvalue weighted by atomic mass is 35.5. The van der Waals surface area contributed by atoms with Gasteiger partial charge in [-0.25, -0.2) is 4.98 Å². The summed E-state index contributed by atoms with van der Waals surface area (Å²) in [5, 5.41) is 7.20. The normalized spacial score (nSPS) is 19.6. The van der Waals surface area contributed by atoms with Crippen molar-refractivity contribution in [3.63, 3.8) is 0 Å². The number of amides is 1. The number of ketones is 1. The lowest BCUT2D eigenvalue weighted by molar-refractivity contribution is -0.116. The molecular formula is C29H25Cl2N3O2. The number of rotatable bonds is 4. The van der Waals surface area contributed by atoms with E-state index in [1.807, 2.05) is 44.2 Å². The predicted molar refractivity (Wildman–Crippen MR) is 143 cm³/mol. The van der Waals surface area contributed by atoms with Crippen LogP contribution < -0.4 is 10.6 Å². The van der Waals surface area contributed by atoms with Crippen molar-refractivity contribution in [3.8, 4) is 0 Å². The molecule has 2 aromatic carbocycles. The van der Waals surface area contributed by atoms with Gasteiger partial charge in [0.05, 0.1) is 0 Å². The smallest absolute Gasteiger partial charge is 0.255 e. The number of allylic oxidation sites excluding steroid dienone is 3. The molecule has 0 radical (unpaired) electrons. The summed E-state index contributed by atoms with van der Waals surface area (Å²) in [6.45, 7) is 3.72. The first-order chi connectivity index (χ1) is 17.3. The Morgan fingerprint density at radius 2 is 1.78 bits per heavy atom. The van der Waals surface area contributed by atoms with E-state index in [9.17, 15) is 9.59 Å². The lowest BCUT2D eigenvalue weighted by Crippen LogP contribution is -2.37. The first kappa shape index (κ1) is 24.3. The average molecular weight is 518 g/mol. The van der Waals surface area contributed by atoms with Crippen molar-refractivity contribution in [2.75, 3.05) is 5.32 Å². The maximum atomic E-state index is 13.7. The van der Waals surface area contributed by atoms with Gasteiger partial charge in [0.15, 0.2) is 5.78 Å². The van der Waals surface area contributed by atoms with Gasteiger partial charge in [0.25, 0.3) is 5.91 Å². The Bertz CT molecular complexity index is 1430. The van der Waals surface area contributed by atoms with Crippen LogP contribution in [0.4, 0.5) is 5.82 Å². The van der Waals surface area contributed by atoms with Crippen molar-refractivity contribution >= 4 is 40.7 Å². The third-order valence-corrected chi connectivity index (χ3v) is 7.31. The van der Waals surface area contributed by atoms with Crippen LogP contribution in [0.1, 0.15) is 48.4 Å². The Labute approximate surface area is 220 Å². The second kappa shape index (κ2) is 9.92. The van der Waals surface area contributed by atoms with E-state index in [1.54, 1.807) is 24.3 Å². The van der Waals surface area contributed by atoms with Gasteiger partial charge in [0, 0.05) is 50.6 Å². The van der Waals surface area contributed by atoms with Crippen LogP contribution in [0, 0.1) is 6.92 Å². The Hall–Kier alpha value is -3.41. The van der Waals surface area contributed by atoms with E-state index in [4.69, 9.17) is 23.2 Å². The lowest BCUT2D eigenvalue weighted by atomic mass is 9.71. The first-order valence-electron chi connectivity index (χ1n) is 11.8. The molecule has 3 aromatic rings. The molecule has 2 heterocycles. The molecule has 1 aliphatic heterocycles. The fourth-order valence-electron chi connectivity index (χ4n) is 5.14. The predicted octanol–water partition coefficient (Wildman–Crippen LogP) is 6.70. The average Bonchev–Trinajstić information content (AvgIpc) is 2.83. The van der Waals surface area contributed by atoms with E-state index in [2.05, 4.69) is 27.8 Å². The molecule has 5 nitrogen and oxygen atoms in total. The monoisotopic (exact) mass is 517 g/mol. The van der Waals surface area contributed by atoms with E-state index in [-0.39, 0.29) is 17.6 Å². The van der Waals surface area contributed by atoms with Crippen LogP contribution in [-0.4, -0.2) is 16.7 Å². The Morgan fingerprint density at radius 1 is 1.00 bits per heavy atom. The molecular weight excluding hydrogens is 493 g/mol. The Balaban J connectivity index is 1.59. The molecule has 0 bridgehead atoms. The van der Waals surface area contributed by atoms with Gasteiger partial charge >= 0.3 is 0 Å². The Morgan fingerprint density at radius 3 is 2.50 bits per heavy atom. The fraction of sp³-hybridized carbons (Fsp3) is 0.207. The number of nitrogens with zero attached hydrogens (tertiary/aromatic N) is 1. The number of carbonyl (C=O) groups is 2. The van der Waals surface area contributed by atoms with E-state index >= 15 is 0 Å². The summed E-state index contributed by atoms with van der Waals surface area (Å²) in [4.78, 5) is 31.8. The van der Waals surface area contributed by atoms with Gasteiger partial charge in [-0.3, -0.25) is 9.59 Å². The van der Waals surface area contributed by atoms with Crippen molar-refractivity contribution in [3.05, 3.63) is 116 Å². The van der Waals surface area contributed by atoms with Gasteiger partial charge in [0.1, 0.15) is 5.82 Å². The molecule has 0 saturated carbocycles. The molecule has 0 spiro atoms. The third-order valence-electron chi connectivity index (χ3n) is 6.75. The van der Waals surface area contributed by atoms with Crippen molar-refractivity contribution < 1.29 is 9.59 Å². The molecule has 7 heteroatoms. The first-order valence-corrected chi connectivity index (χ1v) is 12.6. The lowest BCUT2D eigenvalue weighted by Gasteiger charge is -2.37. The molecule has 1 amide bonds. The van der Waals surface area contributed by atoms with Crippen molar-refractivity contribution in [2.45, 2.75) is 38.5 Å². The number of Topliss-reactive ketones (excluding diaryl/α,β-unsaturated/α-hetero) is 1. The van der Waals surface area contributed by atoms with E-state index in [0.29, 0.717) is 51.1 Å². The van der Waals surface area contributed by atoms with Crippen LogP contribution in [-0.2, 0) is 9.59 Å². The molecule has 1 aromatic heterocycles. The van der Waals surface area contributed by atoms with E-state index in [0.717, 1.165) is 17.0 Å². The molecule has 2 unspecified atom stereocenters. The van der Waals surface area contributed by atoms with Gasteiger partial charge in [-0.2, -0.15) is 0 Å². The second-order valence-electron chi connectivity index (χ2n) is 9.21. The molecule has 2 N–H and O–H groups in total. The minimum absolute atomic E-state index is 0.0000929. The van der Waals surface area contributed by atoms with Gasteiger partial charge in [0.2, 0.25) is 0 Å². The third kappa shape index (κ3) is 4.69. The number of pyridine rings is 1. The zero-order valence-corrected chi connectivity index (χ0v) is 21.5. The standard InChI is InChI=1S/C29H25Cl2N3O2/c1-16-7-6-10-25(32-16)34-29(36)26-17(2)33-23-13-19(18-8-4-3-5-9-18)14-24(35)28(23)27(26)21-12-11-20(30)15-22(21)31/h3-12,15,19,27,33H,13-14H2,1-2H3,(H,32,34,36). The summed E-state index contributed by atoms with van der Waals surface area (Å²) < 4.78 is 0. The molecule has 0 fully saturated rings. The minimum Gasteiger partial charge on any atom is -0.362 e. The van der Waals surface area contributed by atoms with Crippen LogP contribution in [0.25, 0.3) is 0 Å². The number of benzene rings is 2. The number of dihydropyridines is 1. The zero-order chi connectivity index (χ0) is 25.4. The number of hydrogen-bond acceptors (Lipinski definition) is 4. The van der Waals surface area contributed by atoms with Gasteiger partial charge in [-0.05, 0) is 61.6 Å². The number of nitrogens with one attached hydrogen (secondary N) is 2. The summed E-state index contributed by atoms with van der Waals surface area (Å²) in [7, 11) is 0. The second-order valence-corrected chi connectivity index (χ2v) is 10.1. The van der Waals surface area contributed by atoms with Crippen molar-refractivity contribution in [1.82, 2.24) is 10.3 Å². The van der Waals surface area contributed by atoms with E-state index < -0.39 is 5.92 Å².